The normalized spacial score (nSPS) is 31.7. The summed E-state index contributed by atoms with van der Waals surface area (Å²) in [7, 11) is 0. The van der Waals surface area contributed by atoms with Gasteiger partial charge in [0.05, 0.1) is 0 Å². The highest BCUT2D eigenvalue weighted by atomic mass is 16.5. The lowest BCUT2D eigenvalue weighted by Gasteiger charge is -2.55. The van der Waals surface area contributed by atoms with Crippen molar-refractivity contribution in [3.63, 3.8) is 0 Å². The lowest BCUT2D eigenvalue weighted by molar-refractivity contribution is -0.152. The molecule has 6 nitrogen and oxygen atoms in total. The molecule has 0 aromatic rings. The first-order chi connectivity index (χ1) is 12.4. The molecule has 4 bridgehead atoms. The molecule has 0 spiro atoms. The van der Waals surface area contributed by atoms with Crippen LogP contribution in [0.1, 0.15) is 58.8 Å². The third-order valence-corrected chi connectivity index (χ3v) is 6.32. The van der Waals surface area contributed by atoms with Crippen molar-refractivity contribution in [1.82, 2.24) is 10.6 Å². The highest BCUT2D eigenvalue weighted by Gasteiger charge is 2.54. The Bertz CT molecular complexity index is 523. The monoisotopic (exact) mass is 364 g/mol. The molecule has 2 amide bonds. The Morgan fingerprint density at radius 3 is 2.12 bits per heavy atom. The number of nitrogens with one attached hydrogen (secondary N) is 2. The second-order valence-corrected chi connectivity index (χ2v) is 9.07. The van der Waals surface area contributed by atoms with Crippen LogP contribution in [0.15, 0.2) is 0 Å². The number of amides is 2. The van der Waals surface area contributed by atoms with Crippen molar-refractivity contribution in [3.05, 3.63) is 0 Å². The summed E-state index contributed by atoms with van der Waals surface area (Å²) in [5.74, 6) is 1.73. The molecular formula is C20H32N2O4. The Morgan fingerprint density at radius 1 is 1.00 bits per heavy atom. The number of esters is 1. The molecule has 4 aliphatic rings. The molecule has 0 unspecified atom stereocenters. The van der Waals surface area contributed by atoms with Gasteiger partial charge < -0.3 is 15.4 Å². The van der Waals surface area contributed by atoms with Crippen LogP contribution in [0.4, 0.5) is 0 Å². The Labute approximate surface area is 155 Å². The number of hydrogen-bond acceptors (Lipinski definition) is 4. The van der Waals surface area contributed by atoms with E-state index < -0.39 is 5.97 Å². The first-order valence-electron chi connectivity index (χ1n) is 10.1. The molecule has 6 heteroatoms. The zero-order valence-corrected chi connectivity index (χ0v) is 16.0. The van der Waals surface area contributed by atoms with Crippen molar-refractivity contribution in [3.8, 4) is 0 Å². The van der Waals surface area contributed by atoms with Gasteiger partial charge in [0.1, 0.15) is 6.54 Å². The highest BCUT2D eigenvalue weighted by Crippen LogP contribution is 2.60. The van der Waals surface area contributed by atoms with E-state index >= 15 is 0 Å². The maximum atomic E-state index is 12.7. The van der Waals surface area contributed by atoms with Crippen molar-refractivity contribution in [2.75, 3.05) is 19.7 Å². The molecule has 0 aliphatic heterocycles. The lowest BCUT2D eigenvalue weighted by atomic mass is 9.49. The van der Waals surface area contributed by atoms with Gasteiger partial charge in [0.25, 0.3) is 5.91 Å². The van der Waals surface area contributed by atoms with Crippen molar-refractivity contribution in [1.29, 1.82) is 0 Å². The van der Waals surface area contributed by atoms with Crippen LogP contribution in [-0.4, -0.2) is 37.5 Å². The second kappa shape index (κ2) is 7.97. The molecule has 4 aliphatic carbocycles. The van der Waals surface area contributed by atoms with Gasteiger partial charge in [-0.25, -0.2) is 0 Å². The Morgan fingerprint density at radius 2 is 1.58 bits per heavy atom. The van der Waals surface area contributed by atoms with E-state index in [9.17, 15) is 14.4 Å². The Kier molecular flexibility index (Phi) is 5.88. The molecule has 4 rings (SSSR count). The van der Waals surface area contributed by atoms with E-state index in [0.29, 0.717) is 30.2 Å². The summed E-state index contributed by atoms with van der Waals surface area (Å²) in [4.78, 5) is 36.2. The molecule has 2 N–H and O–H groups in total. The van der Waals surface area contributed by atoms with Gasteiger partial charge in [0.2, 0.25) is 5.91 Å². The van der Waals surface area contributed by atoms with Gasteiger partial charge in [-0.3, -0.25) is 14.4 Å². The summed E-state index contributed by atoms with van der Waals surface area (Å²) in [6.45, 7) is 4.30. The first-order valence-corrected chi connectivity index (χ1v) is 10.1. The van der Waals surface area contributed by atoms with E-state index in [2.05, 4.69) is 24.5 Å². The van der Waals surface area contributed by atoms with E-state index in [0.717, 1.165) is 25.7 Å². The van der Waals surface area contributed by atoms with E-state index in [1.54, 1.807) is 0 Å². The summed E-state index contributed by atoms with van der Waals surface area (Å²) in [5, 5.41) is 5.50. The average molecular weight is 364 g/mol. The summed E-state index contributed by atoms with van der Waals surface area (Å²) in [6.07, 6.45) is 7.64. The largest absolute Gasteiger partial charge is 0.454 e. The van der Waals surface area contributed by atoms with Crippen LogP contribution in [0, 0.1) is 29.1 Å². The van der Waals surface area contributed by atoms with Crippen LogP contribution in [0.25, 0.3) is 0 Å². The molecule has 4 fully saturated rings. The van der Waals surface area contributed by atoms with E-state index in [1.807, 2.05) is 0 Å². The predicted molar refractivity (Wildman–Crippen MR) is 97.0 cm³/mol. The maximum Gasteiger partial charge on any atom is 0.325 e. The third kappa shape index (κ3) is 4.57. The zero-order chi connectivity index (χ0) is 18.7. The van der Waals surface area contributed by atoms with Crippen LogP contribution >= 0.6 is 0 Å². The van der Waals surface area contributed by atoms with Gasteiger partial charge in [-0.2, -0.15) is 0 Å². The van der Waals surface area contributed by atoms with Crippen LogP contribution in [0.5, 0.6) is 0 Å². The fourth-order valence-corrected chi connectivity index (χ4v) is 5.48. The first kappa shape index (κ1) is 19.2. The fraction of sp³-hybridized carbons (Fsp3) is 0.850. The van der Waals surface area contributed by atoms with E-state index in [-0.39, 0.29) is 30.4 Å². The Hall–Kier alpha value is -1.59. The smallest absolute Gasteiger partial charge is 0.325 e. The molecular weight excluding hydrogens is 332 g/mol. The van der Waals surface area contributed by atoms with Crippen molar-refractivity contribution >= 4 is 17.8 Å². The molecule has 146 valence electrons. The minimum absolute atomic E-state index is 0.00920. The summed E-state index contributed by atoms with van der Waals surface area (Å²) >= 11 is 0. The van der Waals surface area contributed by atoms with Crippen LogP contribution in [0.2, 0.25) is 0 Å². The van der Waals surface area contributed by atoms with Gasteiger partial charge in [0.15, 0.2) is 6.61 Å². The number of rotatable bonds is 8. The number of carbonyl (C=O) groups excluding carboxylic acids is 3. The number of ether oxygens (including phenoxy) is 1. The van der Waals surface area contributed by atoms with Crippen molar-refractivity contribution in [2.45, 2.75) is 58.8 Å². The standard InChI is InChI=1S/C20H32N2O4/c1-13(2)3-4-21-17(23)12-26-18(24)11-22-19(25)20-8-14-5-15(9-20)7-16(6-14)10-20/h13-16H,3-12H2,1-2H3,(H,21,23)(H,22,25). The highest BCUT2D eigenvalue weighted by molar-refractivity contribution is 5.87. The van der Waals surface area contributed by atoms with Gasteiger partial charge in [0, 0.05) is 12.0 Å². The van der Waals surface area contributed by atoms with Crippen molar-refractivity contribution in [2.24, 2.45) is 29.1 Å². The third-order valence-electron chi connectivity index (χ3n) is 6.32. The molecule has 0 aromatic carbocycles. The predicted octanol–water partition coefficient (Wildman–Crippen LogP) is 2.02. The Balaban J connectivity index is 1.37. The molecule has 4 saturated carbocycles. The molecule has 0 saturated heterocycles. The van der Waals surface area contributed by atoms with Crippen molar-refractivity contribution < 1.29 is 19.1 Å². The lowest BCUT2D eigenvalue weighted by Crippen LogP contribution is -2.54. The molecule has 26 heavy (non-hydrogen) atoms. The van der Waals surface area contributed by atoms with Gasteiger partial charge >= 0.3 is 5.97 Å². The van der Waals surface area contributed by atoms with Gasteiger partial charge in [-0.15, -0.1) is 0 Å². The quantitative estimate of drug-likeness (QED) is 0.646. The molecule has 0 radical (unpaired) electrons. The van der Waals surface area contributed by atoms with Gasteiger partial charge in [-0.05, 0) is 68.6 Å². The number of hydrogen-bond donors (Lipinski definition) is 2. The summed E-state index contributed by atoms with van der Waals surface area (Å²) in [5.41, 5.74) is -0.261. The minimum atomic E-state index is -0.554. The molecule has 0 heterocycles. The average Bonchev–Trinajstić information content (AvgIpc) is 2.56. The van der Waals surface area contributed by atoms with Crippen LogP contribution < -0.4 is 10.6 Å². The maximum absolute atomic E-state index is 12.7. The second-order valence-electron chi connectivity index (χ2n) is 9.07. The summed E-state index contributed by atoms with van der Waals surface area (Å²) < 4.78 is 4.96. The summed E-state index contributed by atoms with van der Waals surface area (Å²) in [6, 6.07) is 0. The minimum Gasteiger partial charge on any atom is -0.454 e. The topological polar surface area (TPSA) is 84.5 Å². The molecule has 0 atom stereocenters. The number of carbonyl (C=O) groups is 3. The van der Waals surface area contributed by atoms with E-state index in [4.69, 9.17) is 4.74 Å². The van der Waals surface area contributed by atoms with Crippen LogP contribution in [0.3, 0.4) is 0 Å². The fourth-order valence-electron chi connectivity index (χ4n) is 5.48. The zero-order valence-electron chi connectivity index (χ0n) is 16.0. The van der Waals surface area contributed by atoms with E-state index in [1.165, 1.54) is 19.3 Å². The van der Waals surface area contributed by atoms with Crippen LogP contribution in [-0.2, 0) is 19.1 Å². The SMILES string of the molecule is CC(C)CCNC(=O)COC(=O)CNC(=O)C12CC3CC(CC(C3)C1)C2. The molecule has 0 aromatic heterocycles. The van der Waals surface area contributed by atoms with Gasteiger partial charge in [-0.1, -0.05) is 13.8 Å².